The maximum atomic E-state index is 11.6. The Morgan fingerprint density at radius 1 is 1.62 bits per heavy atom. The average Bonchev–Trinajstić information content (AvgIpc) is 2.61. The number of carbonyl (C=O) groups excluding carboxylic acids is 1. The molecule has 6 heteroatoms. The van der Waals surface area contributed by atoms with Crippen molar-refractivity contribution in [1.29, 1.82) is 0 Å². The molecule has 0 fully saturated rings. The molecule has 0 aromatic carbocycles. The van der Waals surface area contributed by atoms with Crippen molar-refractivity contribution < 1.29 is 4.79 Å². The van der Waals surface area contributed by atoms with E-state index in [2.05, 4.69) is 26.6 Å². The second kappa shape index (κ2) is 8.06. The van der Waals surface area contributed by atoms with Crippen LogP contribution in [0.5, 0.6) is 0 Å². The lowest BCUT2D eigenvalue weighted by molar-refractivity contribution is -0.124. The highest BCUT2D eigenvalue weighted by Crippen LogP contribution is 2.19. The van der Waals surface area contributed by atoms with Gasteiger partial charge < -0.3 is 10.6 Å². The van der Waals surface area contributed by atoms with E-state index in [1.807, 2.05) is 25.4 Å². The summed E-state index contributed by atoms with van der Waals surface area (Å²) in [6.45, 7) is 3.24. The van der Waals surface area contributed by atoms with E-state index in [9.17, 15) is 4.79 Å². The van der Waals surface area contributed by atoms with Crippen LogP contribution < -0.4 is 10.6 Å². The van der Waals surface area contributed by atoms with Crippen molar-refractivity contribution in [3.63, 3.8) is 0 Å². The molecule has 2 N–H and O–H groups in total. The minimum absolute atomic E-state index is 0. The largest absolute Gasteiger partial charge is 0.351 e. The SMILES string of the molecule is CNCC(C)C(=O)NCc1cc(Br)cs1.Cl. The second-order valence-corrected chi connectivity index (χ2v) is 5.32. The Bertz CT molecular complexity index is 332. The monoisotopic (exact) mass is 326 g/mol. The lowest BCUT2D eigenvalue weighted by atomic mass is 10.1. The fourth-order valence-corrected chi connectivity index (χ4v) is 2.58. The van der Waals surface area contributed by atoms with Crippen LogP contribution in [0, 0.1) is 5.92 Å². The van der Waals surface area contributed by atoms with Crippen LogP contribution in [0.3, 0.4) is 0 Å². The van der Waals surface area contributed by atoms with E-state index < -0.39 is 0 Å². The van der Waals surface area contributed by atoms with E-state index in [0.29, 0.717) is 13.1 Å². The number of nitrogens with one attached hydrogen (secondary N) is 2. The minimum Gasteiger partial charge on any atom is -0.351 e. The summed E-state index contributed by atoms with van der Waals surface area (Å²) in [5.74, 6) is 0.104. The number of hydrogen-bond donors (Lipinski definition) is 2. The summed E-state index contributed by atoms with van der Waals surface area (Å²) in [5, 5.41) is 7.90. The molecule has 0 aliphatic rings. The van der Waals surface area contributed by atoms with Gasteiger partial charge in [0.15, 0.2) is 0 Å². The molecule has 0 aliphatic carbocycles. The third-order valence-corrected chi connectivity index (χ3v) is 3.71. The molecule has 1 unspecified atom stereocenters. The normalized spacial score (nSPS) is 11.7. The first kappa shape index (κ1) is 15.9. The van der Waals surface area contributed by atoms with Gasteiger partial charge in [0.2, 0.25) is 5.91 Å². The molecule has 1 atom stereocenters. The average molecular weight is 328 g/mol. The van der Waals surface area contributed by atoms with Gasteiger partial charge in [-0.2, -0.15) is 0 Å². The van der Waals surface area contributed by atoms with Crippen molar-refractivity contribution >= 4 is 45.6 Å². The molecule has 1 aromatic heterocycles. The highest BCUT2D eigenvalue weighted by molar-refractivity contribution is 9.10. The molecule has 0 bridgehead atoms. The van der Waals surface area contributed by atoms with E-state index in [1.54, 1.807) is 11.3 Å². The van der Waals surface area contributed by atoms with Gasteiger partial charge in [-0.15, -0.1) is 23.7 Å². The van der Waals surface area contributed by atoms with Crippen LogP contribution in [0.4, 0.5) is 0 Å². The predicted molar refractivity (Wildman–Crippen MR) is 74.2 cm³/mol. The predicted octanol–water partition coefficient (Wildman–Crippen LogP) is 2.40. The Balaban J connectivity index is 0.00000225. The third-order valence-electron chi connectivity index (χ3n) is 2.02. The highest BCUT2D eigenvalue weighted by atomic mass is 79.9. The third kappa shape index (κ3) is 5.30. The number of rotatable bonds is 5. The van der Waals surface area contributed by atoms with Crippen LogP contribution in [0.2, 0.25) is 0 Å². The molecule has 1 rings (SSSR count). The molecule has 92 valence electrons. The number of halogens is 2. The topological polar surface area (TPSA) is 41.1 Å². The van der Waals surface area contributed by atoms with Gasteiger partial charge in [0, 0.05) is 27.2 Å². The van der Waals surface area contributed by atoms with Gasteiger partial charge in [0.1, 0.15) is 0 Å². The van der Waals surface area contributed by atoms with Crippen molar-refractivity contribution in [1.82, 2.24) is 10.6 Å². The molecule has 0 aliphatic heterocycles. The fourth-order valence-electron chi connectivity index (χ4n) is 1.19. The quantitative estimate of drug-likeness (QED) is 0.872. The van der Waals surface area contributed by atoms with Crippen LogP contribution in [-0.4, -0.2) is 19.5 Å². The molecule has 1 amide bonds. The maximum absolute atomic E-state index is 11.6. The summed E-state index contributed by atoms with van der Waals surface area (Å²) in [5.41, 5.74) is 0. The Labute approximate surface area is 115 Å². The Kier molecular flexibility index (Phi) is 8.01. The molecule has 0 saturated carbocycles. The summed E-state index contributed by atoms with van der Waals surface area (Å²) >= 11 is 5.02. The lowest BCUT2D eigenvalue weighted by Crippen LogP contribution is -2.33. The number of hydrogen-bond acceptors (Lipinski definition) is 3. The van der Waals surface area contributed by atoms with Crippen LogP contribution in [0.25, 0.3) is 0 Å². The van der Waals surface area contributed by atoms with Gasteiger partial charge in [-0.3, -0.25) is 4.79 Å². The number of carbonyl (C=O) groups is 1. The molecule has 1 heterocycles. The maximum Gasteiger partial charge on any atom is 0.224 e. The molecule has 0 radical (unpaired) electrons. The zero-order valence-corrected chi connectivity index (χ0v) is 12.5. The van der Waals surface area contributed by atoms with Crippen LogP contribution >= 0.6 is 39.7 Å². The first-order valence-electron chi connectivity index (χ1n) is 4.78. The lowest BCUT2D eigenvalue weighted by Gasteiger charge is -2.10. The Morgan fingerprint density at radius 2 is 2.31 bits per heavy atom. The summed E-state index contributed by atoms with van der Waals surface area (Å²) in [7, 11) is 1.85. The second-order valence-electron chi connectivity index (χ2n) is 3.41. The van der Waals surface area contributed by atoms with Gasteiger partial charge in [-0.25, -0.2) is 0 Å². The summed E-state index contributed by atoms with van der Waals surface area (Å²) in [4.78, 5) is 12.7. The Hall–Kier alpha value is -0.100. The summed E-state index contributed by atoms with van der Waals surface area (Å²) in [6.07, 6.45) is 0. The molecule has 16 heavy (non-hydrogen) atoms. The fraction of sp³-hybridized carbons (Fsp3) is 0.500. The molecule has 0 spiro atoms. The van der Waals surface area contributed by atoms with E-state index in [0.717, 1.165) is 9.35 Å². The van der Waals surface area contributed by atoms with Gasteiger partial charge in [0.25, 0.3) is 0 Å². The summed E-state index contributed by atoms with van der Waals surface area (Å²) in [6, 6.07) is 2.02. The van der Waals surface area contributed by atoms with Gasteiger partial charge in [-0.05, 0) is 29.0 Å². The first-order chi connectivity index (χ1) is 7.13. The van der Waals surface area contributed by atoms with Crippen molar-refractivity contribution in [3.05, 3.63) is 20.8 Å². The van der Waals surface area contributed by atoms with Crippen molar-refractivity contribution in [3.8, 4) is 0 Å². The molecular weight excluding hydrogens is 312 g/mol. The van der Waals surface area contributed by atoms with Crippen LogP contribution in [-0.2, 0) is 11.3 Å². The van der Waals surface area contributed by atoms with Crippen molar-refractivity contribution in [2.45, 2.75) is 13.5 Å². The van der Waals surface area contributed by atoms with E-state index in [4.69, 9.17) is 0 Å². The van der Waals surface area contributed by atoms with E-state index in [1.165, 1.54) is 0 Å². The van der Waals surface area contributed by atoms with E-state index >= 15 is 0 Å². The van der Waals surface area contributed by atoms with E-state index in [-0.39, 0.29) is 24.2 Å². The van der Waals surface area contributed by atoms with Crippen LogP contribution in [0.1, 0.15) is 11.8 Å². The van der Waals surface area contributed by atoms with Crippen molar-refractivity contribution in [2.75, 3.05) is 13.6 Å². The number of thiophene rings is 1. The first-order valence-corrected chi connectivity index (χ1v) is 6.46. The molecule has 1 aromatic rings. The number of amides is 1. The summed E-state index contributed by atoms with van der Waals surface area (Å²) < 4.78 is 1.07. The van der Waals surface area contributed by atoms with Crippen LogP contribution in [0.15, 0.2) is 15.9 Å². The molecule has 3 nitrogen and oxygen atoms in total. The van der Waals surface area contributed by atoms with Gasteiger partial charge in [0.05, 0.1) is 6.54 Å². The minimum atomic E-state index is 0. The zero-order chi connectivity index (χ0) is 11.3. The Morgan fingerprint density at radius 3 is 2.81 bits per heavy atom. The van der Waals surface area contributed by atoms with Gasteiger partial charge >= 0.3 is 0 Å². The molecular formula is C10H16BrClN2OS. The van der Waals surface area contributed by atoms with Gasteiger partial charge in [-0.1, -0.05) is 6.92 Å². The smallest absolute Gasteiger partial charge is 0.224 e. The zero-order valence-electron chi connectivity index (χ0n) is 9.25. The highest BCUT2D eigenvalue weighted by Gasteiger charge is 2.11. The molecule has 0 saturated heterocycles. The standard InChI is InChI=1S/C10H15BrN2OS.ClH/c1-7(4-12-2)10(14)13-5-9-3-8(11)6-15-9;/h3,6-7,12H,4-5H2,1-2H3,(H,13,14);1H. The van der Waals surface area contributed by atoms with Crippen molar-refractivity contribution in [2.24, 2.45) is 5.92 Å².